The van der Waals surface area contributed by atoms with Crippen LogP contribution in [-0.4, -0.2) is 68.8 Å². The fourth-order valence-corrected chi connectivity index (χ4v) is 9.57. The maximum atomic E-state index is 12.9. The number of rotatable bonds is 47. The quantitative estimate of drug-likeness (QED) is 0.0502. The standard InChI is InChI=1S/C52H99N3O7S/c1-6-10-13-16-21-28-36-48(9-4)61-51(56)39-31-24-19-26-33-42-55(44-35-41-53-63(58,59)46-50-47(5)45-60-54-50)43-34-27-20-25-32-40-52(57)62-49(37-29-22-17-14-11-7-2)38-30-23-18-15-12-8-3/h45,48-49,53H,6-44,46H2,1-5H3. The number of aromatic nitrogens is 1. The number of hydrogen-bond donors (Lipinski definition) is 1. The molecule has 0 aliphatic carbocycles. The maximum absolute atomic E-state index is 12.9. The lowest BCUT2D eigenvalue weighted by Gasteiger charge is -2.22. The normalized spacial score (nSPS) is 12.4. The average molecular weight is 910 g/mol. The van der Waals surface area contributed by atoms with Crippen molar-refractivity contribution in [3.05, 3.63) is 17.5 Å². The molecule has 0 saturated heterocycles. The molecule has 0 aliphatic rings. The molecule has 1 aromatic rings. The van der Waals surface area contributed by atoms with Gasteiger partial charge in [0.1, 0.15) is 29.9 Å². The Kier molecular flexibility index (Phi) is 38.8. The van der Waals surface area contributed by atoms with Crippen molar-refractivity contribution in [2.45, 2.75) is 277 Å². The van der Waals surface area contributed by atoms with Crippen LogP contribution >= 0.6 is 0 Å². The Bertz CT molecular complexity index is 1290. The molecule has 0 spiro atoms. The highest BCUT2D eigenvalue weighted by atomic mass is 32.2. The SMILES string of the molecule is CCCCCCCCC(CC)OC(=O)CCCCCCCN(CCCCCCCC(=O)OC(CCCCCCCC)CCCCCCCC)CCCNS(=O)(=O)Cc1nocc1C. The highest BCUT2D eigenvalue weighted by Crippen LogP contribution is 2.19. The molecule has 0 aromatic carbocycles. The summed E-state index contributed by atoms with van der Waals surface area (Å²) in [5.41, 5.74) is 1.18. The molecular weight excluding hydrogens is 811 g/mol. The van der Waals surface area contributed by atoms with Crippen LogP contribution in [-0.2, 0) is 34.8 Å². The van der Waals surface area contributed by atoms with Gasteiger partial charge in [0.2, 0.25) is 10.0 Å². The van der Waals surface area contributed by atoms with Crippen LogP contribution in [0.1, 0.15) is 264 Å². The number of aryl methyl sites for hydroxylation is 1. The molecule has 370 valence electrons. The highest BCUT2D eigenvalue weighted by Gasteiger charge is 2.17. The lowest BCUT2D eigenvalue weighted by Crippen LogP contribution is -2.32. The molecule has 1 N–H and O–H groups in total. The third-order valence-electron chi connectivity index (χ3n) is 12.5. The Labute approximate surface area is 388 Å². The summed E-state index contributed by atoms with van der Waals surface area (Å²) in [7, 11) is -3.50. The van der Waals surface area contributed by atoms with E-state index in [9.17, 15) is 18.0 Å². The van der Waals surface area contributed by atoms with Crippen LogP contribution in [0.4, 0.5) is 0 Å². The minimum absolute atomic E-state index is 0.0150. The highest BCUT2D eigenvalue weighted by molar-refractivity contribution is 7.88. The molecule has 0 aliphatic heterocycles. The van der Waals surface area contributed by atoms with Crippen LogP contribution in [0.15, 0.2) is 10.8 Å². The van der Waals surface area contributed by atoms with Gasteiger partial charge in [-0.05, 0) is 104 Å². The van der Waals surface area contributed by atoms with Crippen molar-refractivity contribution in [1.29, 1.82) is 0 Å². The number of unbranched alkanes of at least 4 members (excludes halogenated alkanes) is 23. The Morgan fingerprint density at radius 3 is 1.41 bits per heavy atom. The summed E-state index contributed by atoms with van der Waals surface area (Å²) in [6, 6.07) is 0. The first-order valence-electron chi connectivity index (χ1n) is 26.6. The minimum Gasteiger partial charge on any atom is -0.462 e. The lowest BCUT2D eigenvalue weighted by atomic mass is 10.0. The number of carbonyl (C=O) groups excluding carboxylic acids is 2. The van der Waals surface area contributed by atoms with E-state index in [0.29, 0.717) is 25.1 Å². The van der Waals surface area contributed by atoms with E-state index in [4.69, 9.17) is 14.0 Å². The second kappa shape index (κ2) is 41.5. The van der Waals surface area contributed by atoms with Gasteiger partial charge in [-0.2, -0.15) is 0 Å². The van der Waals surface area contributed by atoms with Gasteiger partial charge in [-0.25, -0.2) is 13.1 Å². The van der Waals surface area contributed by atoms with Gasteiger partial charge in [0, 0.05) is 24.9 Å². The molecule has 63 heavy (non-hydrogen) atoms. The monoisotopic (exact) mass is 910 g/mol. The molecule has 10 nitrogen and oxygen atoms in total. The first kappa shape index (κ1) is 59.0. The Balaban J connectivity index is 2.45. The second-order valence-electron chi connectivity index (χ2n) is 18.6. The smallest absolute Gasteiger partial charge is 0.306 e. The van der Waals surface area contributed by atoms with Crippen molar-refractivity contribution in [3.63, 3.8) is 0 Å². The average Bonchev–Trinajstić information content (AvgIpc) is 3.66. The van der Waals surface area contributed by atoms with Gasteiger partial charge in [0.05, 0.1) is 0 Å². The summed E-state index contributed by atoms with van der Waals surface area (Å²) in [4.78, 5) is 27.9. The van der Waals surface area contributed by atoms with Gasteiger partial charge in [0.15, 0.2) is 0 Å². The van der Waals surface area contributed by atoms with Crippen molar-refractivity contribution in [3.8, 4) is 0 Å². The number of hydrogen-bond acceptors (Lipinski definition) is 9. The van der Waals surface area contributed by atoms with Crippen LogP contribution in [0, 0.1) is 6.92 Å². The van der Waals surface area contributed by atoms with E-state index in [-0.39, 0.29) is 29.9 Å². The molecule has 1 heterocycles. The molecule has 1 atom stereocenters. The fraction of sp³-hybridized carbons (Fsp3) is 0.904. The zero-order chi connectivity index (χ0) is 46.1. The summed E-state index contributed by atoms with van der Waals surface area (Å²) in [5, 5.41) is 3.83. The number of nitrogens with zero attached hydrogens (tertiary/aromatic N) is 2. The Morgan fingerprint density at radius 1 is 0.571 bits per heavy atom. The first-order valence-corrected chi connectivity index (χ1v) is 28.3. The largest absolute Gasteiger partial charge is 0.462 e. The summed E-state index contributed by atoms with van der Waals surface area (Å²) >= 11 is 0. The van der Waals surface area contributed by atoms with Crippen molar-refractivity contribution < 1.29 is 32.0 Å². The molecule has 1 aromatic heterocycles. The van der Waals surface area contributed by atoms with Crippen molar-refractivity contribution in [2.75, 3.05) is 26.2 Å². The molecule has 0 amide bonds. The van der Waals surface area contributed by atoms with Crippen LogP contribution in [0.25, 0.3) is 0 Å². The van der Waals surface area contributed by atoms with Gasteiger partial charge in [-0.15, -0.1) is 0 Å². The van der Waals surface area contributed by atoms with Crippen LogP contribution in [0.3, 0.4) is 0 Å². The predicted molar refractivity (Wildman–Crippen MR) is 262 cm³/mol. The Hall–Kier alpha value is -1.98. The topological polar surface area (TPSA) is 128 Å². The fourth-order valence-electron chi connectivity index (χ4n) is 8.37. The van der Waals surface area contributed by atoms with Crippen molar-refractivity contribution in [2.24, 2.45) is 0 Å². The van der Waals surface area contributed by atoms with Crippen LogP contribution in [0.2, 0.25) is 0 Å². The number of sulfonamides is 1. The zero-order valence-corrected chi connectivity index (χ0v) is 42.5. The molecule has 0 fully saturated rings. The summed E-state index contributed by atoms with van der Waals surface area (Å²) < 4.78 is 44.9. The van der Waals surface area contributed by atoms with E-state index in [1.807, 2.05) is 0 Å². The van der Waals surface area contributed by atoms with E-state index >= 15 is 0 Å². The van der Waals surface area contributed by atoms with E-state index < -0.39 is 10.0 Å². The molecular formula is C52H99N3O7S. The summed E-state index contributed by atoms with van der Waals surface area (Å²) in [5.74, 6) is -0.234. The van der Waals surface area contributed by atoms with E-state index in [2.05, 4.69) is 42.5 Å². The minimum atomic E-state index is -3.50. The third kappa shape index (κ3) is 35.9. The third-order valence-corrected chi connectivity index (χ3v) is 13.8. The van der Waals surface area contributed by atoms with Crippen LogP contribution in [0.5, 0.6) is 0 Å². The van der Waals surface area contributed by atoms with Crippen molar-refractivity contribution >= 4 is 22.0 Å². The summed E-state index contributed by atoms with van der Waals surface area (Å²) in [6.45, 7) is 13.8. The lowest BCUT2D eigenvalue weighted by molar-refractivity contribution is -0.150. The Morgan fingerprint density at radius 2 is 0.968 bits per heavy atom. The van der Waals surface area contributed by atoms with Gasteiger partial charge in [0.25, 0.3) is 0 Å². The molecule has 0 radical (unpaired) electrons. The number of carbonyl (C=O) groups is 2. The number of esters is 2. The second-order valence-corrected chi connectivity index (χ2v) is 20.4. The first-order chi connectivity index (χ1) is 30.6. The van der Waals surface area contributed by atoms with Gasteiger partial charge in [-0.3, -0.25) is 9.59 Å². The van der Waals surface area contributed by atoms with E-state index in [1.54, 1.807) is 6.92 Å². The molecule has 11 heteroatoms. The van der Waals surface area contributed by atoms with Crippen molar-refractivity contribution in [1.82, 2.24) is 14.8 Å². The zero-order valence-electron chi connectivity index (χ0n) is 41.7. The maximum Gasteiger partial charge on any atom is 0.306 e. The summed E-state index contributed by atoms with van der Waals surface area (Å²) in [6.07, 6.45) is 40.3. The van der Waals surface area contributed by atoms with Gasteiger partial charge >= 0.3 is 11.9 Å². The van der Waals surface area contributed by atoms with Crippen LogP contribution < -0.4 is 4.72 Å². The van der Waals surface area contributed by atoms with E-state index in [0.717, 1.165) is 141 Å². The van der Waals surface area contributed by atoms with Gasteiger partial charge in [-0.1, -0.05) is 168 Å². The van der Waals surface area contributed by atoms with E-state index in [1.165, 1.54) is 103 Å². The van der Waals surface area contributed by atoms with Gasteiger partial charge < -0.3 is 18.9 Å². The number of nitrogens with one attached hydrogen (secondary N) is 1. The molecule has 0 bridgehead atoms. The number of ether oxygens (including phenoxy) is 2. The molecule has 1 unspecified atom stereocenters. The molecule has 0 saturated carbocycles. The predicted octanol–water partition coefficient (Wildman–Crippen LogP) is 14.3. The molecule has 1 rings (SSSR count).